The van der Waals surface area contributed by atoms with Crippen molar-refractivity contribution in [1.82, 2.24) is 9.55 Å². The standard InChI is InChI=1S/C10H13N3O2S/c1-3-8(6-16-2)13-5-7(4-11)9(14)12-10(13)15/h5,8H,3,6H2,1-2H3,(H,12,14,15). The van der Waals surface area contributed by atoms with Crippen molar-refractivity contribution in [2.75, 3.05) is 12.0 Å². The molecule has 0 bridgehead atoms. The molecule has 0 saturated heterocycles. The smallest absolute Gasteiger partial charge is 0.295 e. The SMILES string of the molecule is CCC(CSC)n1cc(C#N)c(=O)[nH]c1=O. The van der Waals surface area contributed by atoms with Gasteiger partial charge in [-0.25, -0.2) is 4.79 Å². The van der Waals surface area contributed by atoms with Crippen molar-refractivity contribution in [3.05, 3.63) is 32.6 Å². The van der Waals surface area contributed by atoms with E-state index in [0.29, 0.717) is 0 Å². The third-order valence-electron chi connectivity index (χ3n) is 2.31. The van der Waals surface area contributed by atoms with Gasteiger partial charge in [-0.2, -0.15) is 17.0 Å². The number of aromatic nitrogens is 2. The monoisotopic (exact) mass is 239 g/mol. The Balaban J connectivity index is 3.28. The van der Waals surface area contributed by atoms with E-state index in [9.17, 15) is 9.59 Å². The fourth-order valence-corrected chi connectivity index (χ4v) is 2.20. The van der Waals surface area contributed by atoms with E-state index < -0.39 is 11.2 Å². The summed E-state index contributed by atoms with van der Waals surface area (Å²) in [7, 11) is 0. The minimum atomic E-state index is -0.622. The van der Waals surface area contributed by atoms with E-state index in [-0.39, 0.29) is 11.6 Å². The van der Waals surface area contributed by atoms with Gasteiger partial charge in [-0.15, -0.1) is 0 Å². The van der Waals surface area contributed by atoms with E-state index in [2.05, 4.69) is 4.98 Å². The molecule has 1 unspecified atom stereocenters. The van der Waals surface area contributed by atoms with Crippen molar-refractivity contribution in [3.63, 3.8) is 0 Å². The molecule has 5 nitrogen and oxygen atoms in total. The molecule has 0 aliphatic carbocycles. The summed E-state index contributed by atoms with van der Waals surface area (Å²) >= 11 is 1.62. The van der Waals surface area contributed by atoms with E-state index in [4.69, 9.17) is 5.26 Å². The van der Waals surface area contributed by atoms with E-state index in [1.54, 1.807) is 17.8 Å². The van der Waals surface area contributed by atoms with Crippen LogP contribution in [0.1, 0.15) is 24.9 Å². The minimum Gasteiger partial charge on any atom is -0.295 e. The summed E-state index contributed by atoms with van der Waals surface area (Å²) in [4.78, 5) is 24.9. The van der Waals surface area contributed by atoms with Gasteiger partial charge >= 0.3 is 5.69 Å². The first kappa shape index (κ1) is 12.6. The number of aromatic amines is 1. The second-order valence-corrected chi connectivity index (χ2v) is 4.25. The second kappa shape index (κ2) is 5.56. The average Bonchev–Trinajstić information content (AvgIpc) is 2.27. The predicted octanol–water partition coefficient (Wildman–Crippen LogP) is 0.722. The number of nitriles is 1. The van der Waals surface area contributed by atoms with Crippen molar-refractivity contribution in [1.29, 1.82) is 5.26 Å². The number of thioether (sulfide) groups is 1. The fourth-order valence-electron chi connectivity index (χ4n) is 1.42. The predicted molar refractivity (Wildman–Crippen MR) is 63.7 cm³/mol. The molecule has 6 heteroatoms. The molecule has 0 aliphatic rings. The summed E-state index contributed by atoms with van der Waals surface area (Å²) in [5, 5.41) is 8.73. The van der Waals surface area contributed by atoms with Gasteiger partial charge in [0.25, 0.3) is 5.56 Å². The molecule has 0 fully saturated rings. The van der Waals surface area contributed by atoms with Crippen molar-refractivity contribution in [2.45, 2.75) is 19.4 Å². The van der Waals surface area contributed by atoms with Gasteiger partial charge in [0.2, 0.25) is 0 Å². The molecule has 16 heavy (non-hydrogen) atoms. The molecule has 1 aromatic heterocycles. The molecular formula is C10H13N3O2S. The van der Waals surface area contributed by atoms with E-state index in [1.165, 1.54) is 10.8 Å². The highest BCUT2D eigenvalue weighted by Gasteiger charge is 2.12. The molecule has 0 amide bonds. The van der Waals surface area contributed by atoms with E-state index >= 15 is 0 Å². The van der Waals surface area contributed by atoms with Crippen molar-refractivity contribution in [3.8, 4) is 6.07 Å². The largest absolute Gasteiger partial charge is 0.328 e. The molecule has 0 aliphatic heterocycles. The van der Waals surface area contributed by atoms with Crippen LogP contribution >= 0.6 is 11.8 Å². The maximum Gasteiger partial charge on any atom is 0.328 e. The Kier molecular flexibility index (Phi) is 4.38. The van der Waals surface area contributed by atoms with Crippen LogP contribution in [0.25, 0.3) is 0 Å². The first-order valence-electron chi connectivity index (χ1n) is 4.88. The van der Waals surface area contributed by atoms with Crippen molar-refractivity contribution < 1.29 is 0 Å². The molecule has 1 heterocycles. The van der Waals surface area contributed by atoms with Crippen LogP contribution in [0.5, 0.6) is 0 Å². The molecule has 0 saturated carbocycles. The van der Waals surface area contributed by atoms with Crippen LogP contribution in [0.3, 0.4) is 0 Å². The Labute approximate surface area is 97.1 Å². The summed E-state index contributed by atoms with van der Waals surface area (Å²) in [5.74, 6) is 0.771. The van der Waals surface area contributed by atoms with Gasteiger partial charge in [-0.05, 0) is 12.7 Å². The Morgan fingerprint density at radius 3 is 2.81 bits per heavy atom. The highest BCUT2D eigenvalue weighted by atomic mass is 32.2. The zero-order chi connectivity index (χ0) is 12.1. The molecule has 0 spiro atoms. The summed E-state index contributed by atoms with van der Waals surface area (Å²) < 4.78 is 1.43. The lowest BCUT2D eigenvalue weighted by molar-refractivity contribution is 0.509. The molecule has 1 atom stereocenters. The zero-order valence-electron chi connectivity index (χ0n) is 9.19. The zero-order valence-corrected chi connectivity index (χ0v) is 10.0. The quantitative estimate of drug-likeness (QED) is 0.839. The maximum absolute atomic E-state index is 11.6. The molecule has 1 aromatic rings. The second-order valence-electron chi connectivity index (χ2n) is 3.34. The molecular weight excluding hydrogens is 226 g/mol. The summed E-state index contributed by atoms with van der Waals surface area (Å²) in [6.07, 6.45) is 4.06. The summed E-state index contributed by atoms with van der Waals surface area (Å²) in [6, 6.07) is 1.78. The highest BCUT2D eigenvalue weighted by molar-refractivity contribution is 7.98. The van der Waals surface area contributed by atoms with Crippen LogP contribution in [-0.4, -0.2) is 21.6 Å². The Morgan fingerprint density at radius 1 is 1.62 bits per heavy atom. The Bertz CT molecular complexity index is 512. The number of nitrogens with one attached hydrogen (secondary N) is 1. The molecule has 1 rings (SSSR count). The Hall–Kier alpha value is -1.48. The number of hydrogen-bond donors (Lipinski definition) is 1. The van der Waals surface area contributed by atoms with Crippen LogP contribution in [0.15, 0.2) is 15.8 Å². The van der Waals surface area contributed by atoms with Gasteiger partial charge in [0.05, 0.1) is 0 Å². The lowest BCUT2D eigenvalue weighted by atomic mass is 10.2. The topological polar surface area (TPSA) is 78.7 Å². The van der Waals surface area contributed by atoms with Crippen LogP contribution in [-0.2, 0) is 0 Å². The minimum absolute atomic E-state index is 0.00597. The van der Waals surface area contributed by atoms with Crippen LogP contribution in [0.4, 0.5) is 0 Å². The van der Waals surface area contributed by atoms with E-state index in [0.717, 1.165) is 12.2 Å². The van der Waals surface area contributed by atoms with Crippen LogP contribution < -0.4 is 11.2 Å². The highest BCUT2D eigenvalue weighted by Crippen LogP contribution is 2.13. The first-order valence-corrected chi connectivity index (χ1v) is 6.27. The number of rotatable bonds is 4. The summed E-state index contributed by atoms with van der Waals surface area (Å²) in [6.45, 7) is 1.96. The normalized spacial score (nSPS) is 12.1. The average molecular weight is 239 g/mol. The van der Waals surface area contributed by atoms with Crippen molar-refractivity contribution >= 4 is 11.8 Å². The maximum atomic E-state index is 11.6. The summed E-state index contributed by atoms with van der Waals surface area (Å²) in [5.41, 5.74) is -1.10. The van der Waals surface area contributed by atoms with E-state index in [1.807, 2.05) is 13.2 Å². The third kappa shape index (κ3) is 2.55. The fraction of sp³-hybridized carbons (Fsp3) is 0.500. The van der Waals surface area contributed by atoms with Gasteiger partial charge in [0.1, 0.15) is 11.6 Å². The number of nitrogens with zero attached hydrogens (tertiary/aromatic N) is 2. The first-order chi connectivity index (χ1) is 7.63. The van der Waals surface area contributed by atoms with Gasteiger partial charge in [0, 0.05) is 18.0 Å². The molecule has 0 radical (unpaired) electrons. The van der Waals surface area contributed by atoms with Gasteiger partial charge in [0.15, 0.2) is 0 Å². The van der Waals surface area contributed by atoms with Crippen molar-refractivity contribution in [2.24, 2.45) is 0 Å². The third-order valence-corrected chi connectivity index (χ3v) is 3.03. The van der Waals surface area contributed by atoms with Gasteiger partial charge in [-0.1, -0.05) is 6.92 Å². The Morgan fingerprint density at radius 2 is 2.31 bits per heavy atom. The lowest BCUT2D eigenvalue weighted by Gasteiger charge is -2.16. The molecule has 1 N–H and O–H groups in total. The lowest BCUT2D eigenvalue weighted by Crippen LogP contribution is -2.34. The van der Waals surface area contributed by atoms with Gasteiger partial charge < -0.3 is 0 Å². The number of H-pyrrole nitrogens is 1. The molecule has 0 aromatic carbocycles. The number of hydrogen-bond acceptors (Lipinski definition) is 4. The van der Waals surface area contributed by atoms with Crippen LogP contribution in [0, 0.1) is 11.3 Å². The van der Waals surface area contributed by atoms with Gasteiger partial charge in [-0.3, -0.25) is 14.3 Å². The van der Waals surface area contributed by atoms with Crippen LogP contribution in [0.2, 0.25) is 0 Å². The molecule has 86 valence electrons.